The molecule has 0 fully saturated rings. The summed E-state index contributed by atoms with van der Waals surface area (Å²) in [7, 11) is 0. The number of nitrogens with zero attached hydrogens (tertiary/aromatic N) is 1. The number of carbonyl (C=O) groups excluding carboxylic acids is 1. The van der Waals surface area contributed by atoms with E-state index in [2.05, 4.69) is 15.5 Å². The first-order chi connectivity index (χ1) is 11.0. The fourth-order valence-corrected chi connectivity index (χ4v) is 2.66. The molecule has 0 aliphatic carbocycles. The molecule has 23 heavy (non-hydrogen) atoms. The van der Waals surface area contributed by atoms with Crippen LogP contribution >= 0.6 is 0 Å². The maximum Gasteiger partial charge on any atom is 0.257 e. The zero-order valence-electron chi connectivity index (χ0n) is 12.7. The Bertz CT molecular complexity index is 914. The molecule has 6 nitrogen and oxygen atoms in total. The summed E-state index contributed by atoms with van der Waals surface area (Å²) in [4.78, 5) is 12.5. The van der Waals surface area contributed by atoms with Crippen LogP contribution in [0.2, 0.25) is 0 Å². The lowest BCUT2D eigenvalue weighted by molar-refractivity contribution is -0.0431. The average molecular weight is 309 g/mol. The molecule has 0 spiro atoms. The van der Waals surface area contributed by atoms with Crippen LogP contribution in [0.3, 0.4) is 0 Å². The van der Waals surface area contributed by atoms with Gasteiger partial charge < -0.3 is 14.8 Å². The number of aromatic nitrogens is 2. The van der Waals surface area contributed by atoms with Gasteiger partial charge in [-0.1, -0.05) is 12.1 Å². The SMILES string of the molecule is CC1(C)Oc2ccc(NC(=O)c3cccc4cn[nH]c34)cc2O1. The lowest BCUT2D eigenvalue weighted by Crippen LogP contribution is -2.29. The maximum absolute atomic E-state index is 12.5. The zero-order chi connectivity index (χ0) is 16.0. The largest absolute Gasteiger partial charge is 0.449 e. The molecule has 0 unspecified atom stereocenters. The Balaban J connectivity index is 1.62. The lowest BCUT2D eigenvalue weighted by atomic mass is 10.1. The van der Waals surface area contributed by atoms with Gasteiger partial charge in [-0.15, -0.1) is 0 Å². The molecule has 0 bridgehead atoms. The lowest BCUT2D eigenvalue weighted by Gasteiger charge is -2.16. The van der Waals surface area contributed by atoms with Crippen LogP contribution in [0.25, 0.3) is 10.9 Å². The predicted molar refractivity (Wildman–Crippen MR) is 85.8 cm³/mol. The summed E-state index contributed by atoms with van der Waals surface area (Å²) in [6.07, 6.45) is 1.69. The Kier molecular flexibility index (Phi) is 2.81. The molecule has 1 aromatic heterocycles. The number of anilines is 1. The van der Waals surface area contributed by atoms with Crippen LogP contribution in [0.5, 0.6) is 11.5 Å². The molecule has 1 aliphatic rings. The standard InChI is InChI=1S/C17H15N3O3/c1-17(2)22-13-7-6-11(8-14(13)23-17)19-16(21)12-5-3-4-10-9-18-20-15(10)12/h3-9H,1-2H3,(H,18,20)(H,19,21). The second kappa shape index (κ2) is 4.74. The van der Waals surface area contributed by atoms with Gasteiger partial charge in [0.1, 0.15) is 0 Å². The van der Waals surface area contributed by atoms with E-state index >= 15 is 0 Å². The smallest absolute Gasteiger partial charge is 0.257 e. The van der Waals surface area contributed by atoms with Gasteiger partial charge in [0.2, 0.25) is 5.79 Å². The van der Waals surface area contributed by atoms with E-state index in [-0.39, 0.29) is 5.91 Å². The number of hydrogen-bond acceptors (Lipinski definition) is 4. The monoisotopic (exact) mass is 309 g/mol. The second-order valence-corrected chi connectivity index (χ2v) is 5.86. The van der Waals surface area contributed by atoms with E-state index < -0.39 is 5.79 Å². The van der Waals surface area contributed by atoms with Gasteiger partial charge in [0.05, 0.1) is 17.3 Å². The van der Waals surface area contributed by atoms with E-state index in [1.165, 1.54) is 0 Å². The number of H-pyrrole nitrogens is 1. The van der Waals surface area contributed by atoms with Gasteiger partial charge in [-0.2, -0.15) is 5.10 Å². The van der Waals surface area contributed by atoms with Gasteiger partial charge in [0.15, 0.2) is 11.5 Å². The first kappa shape index (κ1) is 13.6. The number of ether oxygens (including phenoxy) is 2. The fraction of sp³-hybridized carbons (Fsp3) is 0.176. The number of hydrogen-bond donors (Lipinski definition) is 2. The summed E-state index contributed by atoms with van der Waals surface area (Å²) in [6, 6.07) is 10.8. The van der Waals surface area contributed by atoms with E-state index in [1.54, 1.807) is 30.5 Å². The van der Waals surface area contributed by atoms with Gasteiger partial charge in [-0.25, -0.2) is 0 Å². The molecule has 2 aromatic carbocycles. The summed E-state index contributed by atoms with van der Waals surface area (Å²) in [5.41, 5.74) is 1.90. The molecular weight excluding hydrogens is 294 g/mol. The van der Waals surface area contributed by atoms with Gasteiger partial charge in [0, 0.05) is 31.0 Å². The van der Waals surface area contributed by atoms with Crippen molar-refractivity contribution in [2.45, 2.75) is 19.6 Å². The molecule has 0 radical (unpaired) electrons. The highest BCUT2D eigenvalue weighted by Gasteiger charge is 2.31. The molecule has 1 aliphatic heterocycles. The van der Waals surface area contributed by atoms with Gasteiger partial charge in [0.25, 0.3) is 5.91 Å². The van der Waals surface area contributed by atoms with Crippen molar-refractivity contribution in [3.63, 3.8) is 0 Å². The number of carbonyl (C=O) groups is 1. The molecule has 1 amide bonds. The third-order valence-corrected chi connectivity index (χ3v) is 3.63. The molecule has 6 heteroatoms. The highest BCUT2D eigenvalue weighted by Crippen LogP contribution is 2.40. The minimum absolute atomic E-state index is 0.210. The van der Waals surface area contributed by atoms with Crippen molar-refractivity contribution in [3.05, 3.63) is 48.2 Å². The third kappa shape index (κ3) is 2.38. The Morgan fingerprint density at radius 2 is 2.00 bits per heavy atom. The van der Waals surface area contributed by atoms with Gasteiger partial charge in [-0.3, -0.25) is 9.89 Å². The minimum atomic E-state index is -0.688. The van der Waals surface area contributed by atoms with Crippen molar-refractivity contribution in [2.24, 2.45) is 0 Å². The van der Waals surface area contributed by atoms with Crippen molar-refractivity contribution in [3.8, 4) is 11.5 Å². The highest BCUT2D eigenvalue weighted by molar-refractivity contribution is 6.11. The second-order valence-electron chi connectivity index (χ2n) is 5.86. The van der Waals surface area contributed by atoms with E-state index in [1.807, 2.05) is 26.0 Å². The predicted octanol–water partition coefficient (Wildman–Crippen LogP) is 3.32. The van der Waals surface area contributed by atoms with Gasteiger partial charge in [-0.05, 0) is 18.2 Å². The normalized spacial score (nSPS) is 14.9. The van der Waals surface area contributed by atoms with Crippen molar-refractivity contribution in [1.29, 1.82) is 0 Å². The number of fused-ring (bicyclic) bond motifs is 2. The number of nitrogens with one attached hydrogen (secondary N) is 2. The van der Waals surface area contributed by atoms with Crippen LogP contribution in [-0.2, 0) is 0 Å². The molecule has 0 saturated carbocycles. The molecule has 0 atom stereocenters. The van der Waals surface area contributed by atoms with E-state index in [0.717, 1.165) is 5.39 Å². The first-order valence-electron chi connectivity index (χ1n) is 7.27. The number of rotatable bonds is 2. The topological polar surface area (TPSA) is 76.2 Å². The molecular formula is C17H15N3O3. The van der Waals surface area contributed by atoms with E-state index in [9.17, 15) is 4.79 Å². The summed E-state index contributed by atoms with van der Waals surface area (Å²) in [5, 5.41) is 10.6. The maximum atomic E-state index is 12.5. The number of aromatic amines is 1. The van der Waals surface area contributed by atoms with Crippen LogP contribution in [0.15, 0.2) is 42.6 Å². The van der Waals surface area contributed by atoms with Crippen LogP contribution in [0.4, 0.5) is 5.69 Å². The third-order valence-electron chi connectivity index (χ3n) is 3.63. The molecule has 2 heterocycles. The van der Waals surface area contributed by atoms with Gasteiger partial charge >= 0.3 is 0 Å². The summed E-state index contributed by atoms with van der Waals surface area (Å²) < 4.78 is 11.3. The summed E-state index contributed by atoms with van der Waals surface area (Å²) in [5.74, 6) is 0.390. The summed E-state index contributed by atoms with van der Waals surface area (Å²) >= 11 is 0. The zero-order valence-corrected chi connectivity index (χ0v) is 12.7. The number of benzene rings is 2. The molecule has 4 rings (SSSR count). The Hall–Kier alpha value is -3.02. The van der Waals surface area contributed by atoms with Crippen LogP contribution in [0, 0.1) is 0 Å². The number of amides is 1. The molecule has 0 saturated heterocycles. The molecule has 3 aromatic rings. The quantitative estimate of drug-likeness (QED) is 0.761. The number of para-hydroxylation sites is 1. The van der Waals surface area contributed by atoms with Crippen molar-refractivity contribution >= 4 is 22.5 Å². The summed E-state index contributed by atoms with van der Waals surface area (Å²) in [6.45, 7) is 3.67. The Labute approximate surface area is 132 Å². The average Bonchev–Trinajstić information content (AvgIpc) is 3.08. The highest BCUT2D eigenvalue weighted by atomic mass is 16.7. The van der Waals surface area contributed by atoms with Crippen LogP contribution < -0.4 is 14.8 Å². The van der Waals surface area contributed by atoms with Crippen molar-refractivity contribution in [2.75, 3.05) is 5.32 Å². The Morgan fingerprint density at radius 3 is 2.87 bits per heavy atom. The molecule has 116 valence electrons. The Morgan fingerprint density at radius 1 is 1.17 bits per heavy atom. The van der Waals surface area contributed by atoms with Crippen molar-refractivity contribution in [1.82, 2.24) is 10.2 Å². The van der Waals surface area contributed by atoms with Crippen molar-refractivity contribution < 1.29 is 14.3 Å². The minimum Gasteiger partial charge on any atom is -0.449 e. The van der Waals surface area contributed by atoms with Crippen LogP contribution in [0.1, 0.15) is 24.2 Å². The van der Waals surface area contributed by atoms with E-state index in [0.29, 0.717) is 28.3 Å². The first-order valence-corrected chi connectivity index (χ1v) is 7.27. The van der Waals surface area contributed by atoms with E-state index in [4.69, 9.17) is 9.47 Å². The molecule has 2 N–H and O–H groups in total. The fourth-order valence-electron chi connectivity index (χ4n) is 2.66. The van der Waals surface area contributed by atoms with Crippen LogP contribution in [-0.4, -0.2) is 21.9 Å².